The number of hydrogen-bond donors (Lipinski definition) is 4. The first-order valence-electron chi connectivity index (χ1n) is 21.4. The van der Waals surface area contributed by atoms with E-state index in [1.54, 1.807) is 43.0 Å². The van der Waals surface area contributed by atoms with Gasteiger partial charge in [0.1, 0.15) is 34.9 Å². The molecule has 0 spiro atoms. The summed E-state index contributed by atoms with van der Waals surface area (Å²) in [6.07, 6.45) is 5.33. The van der Waals surface area contributed by atoms with Crippen molar-refractivity contribution in [2.45, 2.75) is 90.1 Å². The maximum absolute atomic E-state index is 14.2. The van der Waals surface area contributed by atoms with Crippen LogP contribution in [0, 0.1) is 5.92 Å². The van der Waals surface area contributed by atoms with Crippen molar-refractivity contribution in [3.05, 3.63) is 102 Å². The third-order valence-electron chi connectivity index (χ3n) is 11.5. The van der Waals surface area contributed by atoms with Crippen LogP contribution in [0.15, 0.2) is 89.6 Å². The number of alkyl carbamates (subject to hydrolysis) is 2. The molecular weight excluding hydrogens is 803 g/mol. The molecule has 0 bridgehead atoms. The number of nitrogens with zero attached hydrogens (tertiary/aromatic N) is 5. The molecule has 6 aromatic rings. The van der Waals surface area contributed by atoms with Crippen LogP contribution >= 0.6 is 0 Å². The van der Waals surface area contributed by atoms with Crippen LogP contribution < -0.4 is 10.6 Å². The SMILES string of the molecule is COC(=O)N[C@H](C(=O)N1CCC[C@H]1c1ncc(-c2ccc3oc(-c4ccc(-c5cnc([C@@H]6CCCN6C(=O)[C@H](NC(=O)OC(C)(C)C)c6ccccc6)[nH]5)cc4)nc3c2)[nH]1)C(C)C. The number of ether oxygens (including phenoxy) is 2. The van der Waals surface area contributed by atoms with Gasteiger partial charge in [-0.25, -0.2) is 24.5 Å². The van der Waals surface area contributed by atoms with E-state index in [1.807, 2.05) is 86.6 Å². The average Bonchev–Trinajstić information content (AvgIpc) is 4.13. The molecule has 8 rings (SSSR count). The number of aromatic nitrogens is 5. The lowest BCUT2D eigenvalue weighted by atomic mass is 10.0. The summed E-state index contributed by atoms with van der Waals surface area (Å²) in [6, 6.07) is 20.6. The molecule has 3 aromatic heterocycles. The topological polar surface area (TPSA) is 201 Å². The minimum absolute atomic E-state index is 0.127. The molecule has 63 heavy (non-hydrogen) atoms. The van der Waals surface area contributed by atoms with Crippen LogP contribution in [0.4, 0.5) is 9.59 Å². The summed E-state index contributed by atoms with van der Waals surface area (Å²) in [5.41, 5.74) is 5.41. The number of hydrogen-bond acceptors (Lipinski definition) is 10. The van der Waals surface area contributed by atoms with Gasteiger partial charge in [-0.2, -0.15) is 0 Å². The molecule has 4 N–H and O–H groups in total. The van der Waals surface area contributed by atoms with E-state index >= 15 is 0 Å². The molecule has 3 aromatic carbocycles. The third kappa shape index (κ3) is 9.30. The lowest BCUT2D eigenvalue weighted by Crippen LogP contribution is -2.51. The molecule has 0 radical (unpaired) electrons. The van der Waals surface area contributed by atoms with E-state index in [0.29, 0.717) is 47.3 Å². The summed E-state index contributed by atoms with van der Waals surface area (Å²) >= 11 is 0. The molecule has 16 heteroatoms. The second-order valence-corrected chi connectivity index (χ2v) is 17.4. The molecule has 0 aliphatic carbocycles. The Balaban J connectivity index is 0.947. The highest BCUT2D eigenvalue weighted by Gasteiger charge is 2.39. The van der Waals surface area contributed by atoms with Crippen LogP contribution in [0.3, 0.4) is 0 Å². The van der Waals surface area contributed by atoms with E-state index in [-0.39, 0.29) is 29.8 Å². The minimum atomic E-state index is -0.921. The van der Waals surface area contributed by atoms with Crippen molar-refractivity contribution in [1.29, 1.82) is 0 Å². The lowest BCUT2D eigenvalue weighted by Gasteiger charge is -2.30. The quantitative estimate of drug-likeness (QED) is 0.0984. The first kappa shape index (κ1) is 42.7. The fourth-order valence-corrected chi connectivity index (χ4v) is 8.35. The lowest BCUT2D eigenvalue weighted by molar-refractivity contribution is -0.136. The Kier molecular flexibility index (Phi) is 12.1. The van der Waals surface area contributed by atoms with Crippen molar-refractivity contribution in [3.63, 3.8) is 0 Å². The summed E-state index contributed by atoms with van der Waals surface area (Å²) in [5, 5.41) is 5.50. The summed E-state index contributed by atoms with van der Waals surface area (Å²) < 4.78 is 16.5. The predicted molar refractivity (Wildman–Crippen MR) is 235 cm³/mol. The predicted octanol–water partition coefficient (Wildman–Crippen LogP) is 8.25. The highest BCUT2D eigenvalue weighted by molar-refractivity contribution is 5.88. The molecule has 2 aliphatic heterocycles. The van der Waals surface area contributed by atoms with Crippen molar-refractivity contribution >= 4 is 35.1 Å². The Hall–Kier alpha value is -6.97. The van der Waals surface area contributed by atoms with Gasteiger partial charge < -0.3 is 44.3 Å². The number of likely N-dealkylation sites (tertiary alicyclic amines) is 2. The summed E-state index contributed by atoms with van der Waals surface area (Å²) in [5.74, 6) is 1.30. The Labute approximate surface area is 365 Å². The Morgan fingerprint density at radius 2 is 1.35 bits per heavy atom. The minimum Gasteiger partial charge on any atom is -0.453 e. The monoisotopic (exact) mass is 855 g/mol. The second-order valence-electron chi connectivity index (χ2n) is 17.4. The molecule has 2 aliphatic rings. The average molecular weight is 856 g/mol. The molecule has 5 heterocycles. The first-order valence-corrected chi connectivity index (χ1v) is 21.4. The standard InChI is InChI=1S/C47H53N9O7/c1-27(2)38(53-45(59)61-6)43(57)55-22-10-14-35(55)41-49-26-34(51-41)31-20-21-37-32(24-31)52-42(62-37)30-18-16-28(17-19-30)33-25-48-40(50-33)36-15-11-23-56(36)44(58)39(29-12-8-7-9-13-29)54-46(60)63-47(3,4)5/h7-9,12-13,16-21,24-27,35-36,38-39H,10-11,14-15,22-23H2,1-6H3,(H,48,50)(H,49,51)(H,53,59)(H,54,60)/t35-,36-,38-,39+/m0/s1. The number of amides is 4. The van der Waals surface area contributed by atoms with Gasteiger partial charge in [0.05, 0.1) is 43.0 Å². The van der Waals surface area contributed by atoms with Crippen LogP contribution in [0.2, 0.25) is 0 Å². The van der Waals surface area contributed by atoms with E-state index < -0.39 is 29.9 Å². The second kappa shape index (κ2) is 17.8. The number of H-pyrrole nitrogens is 2. The Bertz CT molecular complexity index is 2590. The van der Waals surface area contributed by atoms with Gasteiger partial charge in [-0.05, 0) is 93.8 Å². The number of imidazole rings is 2. The van der Waals surface area contributed by atoms with Gasteiger partial charge in [0, 0.05) is 24.2 Å². The Morgan fingerprint density at radius 1 is 0.762 bits per heavy atom. The fourth-order valence-electron chi connectivity index (χ4n) is 8.35. The van der Waals surface area contributed by atoms with Gasteiger partial charge in [-0.3, -0.25) is 9.59 Å². The van der Waals surface area contributed by atoms with Crippen LogP contribution in [-0.2, 0) is 19.1 Å². The van der Waals surface area contributed by atoms with Crippen LogP contribution in [0.5, 0.6) is 0 Å². The maximum Gasteiger partial charge on any atom is 0.408 e. The molecule has 4 atom stereocenters. The highest BCUT2D eigenvalue weighted by Crippen LogP contribution is 2.36. The molecule has 4 amide bonds. The molecule has 16 nitrogen and oxygen atoms in total. The molecular formula is C47H53N9O7. The molecule has 0 saturated carbocycles. The van der Waals surface area contributed by atoms with Gasteiger partial charge in [0.25, 0.3) is 5.91 Å². The number of fused-ring (bicyclic) bond motifs is 1. The largest absolute Gasteiger partial charge is 0.453 e. The van der Waals surface area contributed by atoms with Gasteiger partial charge in [0.15, 0.2) is 5.58 Å². The van der Waals surface area contributed by atoms with Gasteiger partial charge in [0.2, 0.25) is 11.8 Å². The van der Waals surface area contributed by atoms with Crippen molar-refractivity contribution in [1.82, 2.24) is 45.4 Å². The van der Waals surface area contributed by atoms with Crippen LogP contribution in [-0.4, -0.2) is 90.6 Å². The number of carbonyl (C=O) groups excluding carboxylic acids is 4. The zero-order valence-electron chi connectivity index (χ0n) is 36.3. The van der Waals surface area contributed by atoms with Crippen molar-refractivity contribution in [2.75, 3.05) is 20.2 Å². The number of carbonyl (C=O) groups is 4. The van der Waals surface area contributed by atoms with E-state index in [2.05, 4.69) is 25.6 Å². The van der Waals surface area contributed by atoms with E-state index in [9.17, 15) is 19.2 Å². The van der Waals surface area contributed by atoms with Crippen LogP contribution in [0.25, 0.3) is 45.1 Å². The number of aromatic amines is 2. The fraction of sp³-hybridized carbons (Fsp3) is 0.383. The number of rotatable bonds is 11. The normalized spacial score (nSPS) is 17.5. The molecule has 0 unspecified atom stereocenters. The van der Waals surface area contributed by atoms with Crippen LogP contribution in [0.1, 0.15) is 95.6 Å². The highest BCUT2D eigenvalue weighted by atomic mass is 16.6. The number of benzene rings is 3. The van der Waals surface area contributed by atoms with E-state index in [1.165, 1.54) is 7.11 Å². The van der Waals surface area contributed by atoms with Gasteiger partial charge >= 0.3 is 12.2 Å². The number of nitrogens with one attached hydrogen (secondary N) is 4. The molecule has 328 valence electrons. The summed E-state index contributed by atoms with van der Waals surface area (Å²) in [6.45, 7) is 10.2. The summed E-state index contributed by atoms with van der Waals surface area (Å²) in [4.78, 5) is 77.3. The third-order valence-corrected chi connectivity index (χ3v) is 11.5. The zero-order valence-corrected chi connectivity index (χ0v) is 36.3. The van der Waals surface area contributed by atoms with Crippen molar-refractivity contribution in [2.24, 2.45) is 5.92 Å². The number of oxazole rings is 1. The number of methoxy groups -OCH3 is 1. The van der Waals surface area contributed by atoms with Gasteiger partial charge in [-0.1, -0.05) is 56.3 Å². The smallest absolute Gasteiger partial charge is 0.408 e. The van der Waals surface area contributed by atoms with Gasteiger partial charge in [-0.15, -0.1) is 0 Å². The van der Waals surface area contributed by atoms with Crippen molar-refractivity contribution < 1.29 is 33.1 Å². The molecule has 2 saturated heterocycles. The maximum atomic E-state index is 14.2. The van der Waals surface area contributed by atoms with E-state index in [4.69, 9.17) is 23.9 Å². The zero-order chi connectivity index (χ0) is 44.4. The first-order chi connectivity index (χ1) is 30.3. The summed E-state index contributed by atoms with van der Waals surface area (Å²) in [7, 11) is 1.28. The Morgan fingerprint density at radius 3 is 1.95 bits per heavy atom. The molecule has 2 fully saturated rings. The van der Waals surface area contributed by atoms with E-state index in [0.717, 1.165) is 53.8 Å². The van der Waals surface area contributed by atoms with Crippen molar-refractivity contribution in [3.8, 4) is 34.0 Å².